The number of hydrogen-bond donors (Lipinski definition) is 0. The third-order valence-electron chi connectivity index (χ3n) is 1.87. The zero-order valence-corrected chi connectivity index (χ0v) is 7.70. The minimum Gasteiger partial charge on any atom is -0.298 e. The molecular formula is C10H7N3O2. The van der Waals surface area contributed by atoms with Gasteiger partial charge in [0, 0.05) is 12.4 Å². The second-order valence-corrected chi connectivity index (χ2v) is 2.81. The van der Waals surface area contributed by atoms with Crippen LogP contribution in [-0.2, 0) is 0 Å². The van der Waals surface area contributed by atoms with Gasteiger partial charge in [-0.15, -0.1) is 0 Å². The van der Waals surface area contributed by atoms with Crippen LogP contribution in [0.4, 0.5) is 0 Å². The Labute approximate surface area is 85.0 Å². The van der Waals surface area contributed by atoms with Gasteiger partial charge < -0.3 is 0 Å². The highest BCUT2D eigenvalue weighted by molar-refractivity contribution is 5.73. The van der Waals surface area contributed by atoms with E-state index in [1.54, 1.807) is 24.4 Å². The van der Waals surface area contributed by atoms with Crippen molar-refractivity contribution in [1.82, 2.24) is 14.8 Å². The first-order chi connectivity index (χ1) is 7.33. The van der Waals surface area contributed by atoms with Crippen molar-refractivity contribution in [3.8, 4) is 5.82 Å². The molecule has 0 aliphatic rings. The molecule has 0 aromatic carbocycles. The molecule has 0 N–H and O–H groups in total. The van der Waals surface area contributed by atoms with Crippen molar-refractivity contribution in [2.24, 2.45) is 0 Å². The summed E-state index contributed by atoms with van der Waals surface area (Å²) < 4.78 is 1.09. The minimum atomic E-state index is -0.466. The van der Waals surface area contributed by atoms with E-state index in [-0.39, 0.29) is 5.56 Å². The molecule has 0 radical (unpaired) electrons. The summed E-state index contributed by atoms with van der Waals surface area (Å²) in [5.74, 6) is 0.395. The molecule has 2 heterocycles. The standard InChI is InChI=1S/C10H7N3O2/c14-7-8-4-6-12-13(10(8)15)9-3-1-2-5-11-9/h1-7H. The Bertz CT molecular complexity index is 534. The first kappa shape index (κ1) is 9.26. The summed E-state index contributed by atoms with van der Waals surface area (Å²) in [7, 11) is 0. The summed E-state index contributed by atoms with van der Waals surface area (Å²) in [5, 5.41) is 3.84. The van der Waals surface area contributed by atoms with Gasteiger partial charge in [-0.25, -0.2) is 4.98 Å². The smallest absolute Gasteiger partial charge is 0.283 e. The van der Waals surface area contributed by atoms with Crippen LogP contribution in [0, 0.1) is 0 Å². The second kappa shape index (κ2) is 3.83. The Kier molecular flexibility index (Phi) is 2.37. The van der Waals surface area contributed by atoms with E-state index < -0.39 is 5.56 Å². The second-order valence-electron chi connectivity index (χ2n) is 2.81. The van der Waals surface area contributed by atoms with Gasteiger partial charge >= 0.3 is 0 Å². The Balaban J connectivity index is 2.65. The normalized spacial score (nSPS) is 9.87. The Hall–Kier alpha value is -2.30. The average molecular weight is 201 g/mol. The van der Waals surface area contributed by atoms with Crippen molar-refractivity contribution in [2.75, 3.05) is 0 Å². The van der Waals surface area contributed by atoms with Crippen LogP contribution in [0.15, 0.2) is 41.5 Å². The number of aldehydes is 1. The lowest BCUT2D eigenvalue weighted by Gasteiger charge is -2.01. The van der Waals surface area contributed by atoms with Crippen molar-refractivity contribution in [3.63, 3.8) is 0 Å². The number of carbonyl (C=O) groups is 1. The van der Waals surface area contributed by atoms with E-state index in [1.165, 1.54) is 12.3 Å². The van der Waals surface area contributed by atoms with Gasteiger partial charge in [-0.05, 0) is 18.2 Å². The fraction of sp³-hybridized carbons (Fsp3) is 0. The Morgan fingerprint density at radius 3 is 2.73 bits per heavy atom. The van der Waals surface area contributed by atoms with Crippen LogP contribution in [0.1, 0.15) is 10.4 Å². The highest BCUT2D eigenvalue weighted by atomic mass is 16.1. The molecule has 0 unspecified atom stereocenters. The number of aromatic nitrogens is 3. The van der Waals surface area contributed by atoms with Crippen molar-refractivity contribution in [3.05, 3.63) is 52.6 Å². The zero-order valence-electron chi connectivity index (χ0n) is 7.70. The molecule has 5 heteroatoms. The topological polar surface area (TPSA) is 64.8 Å². The molecule has 0 aliphatic heterocycles. The average Bonchev–Trinajstić information content (AvgIpc) is 2.30. The van der Waals surface area contributed by atoms with E-state index in [0.29, 0.717) is 12.1 Å². The molecule has 5 nitrogen and oxygen atoms in total. The van der Waals surface area contributed by atoms with E-state index in [2.05, 4.69) is 10.1 Å². The SMILES string of the molecule is O=Cc1ccnn(-c2ccccn2)c1=O. The first-order valence-corrected chi connectivity index (χ1v) is 4.28. The van der Waals surface area contributed by atoms with E-state index >= 15 is 0 Å². The molecule has 2 rings (SSSR count). The van der Waals surface area contributed by atoms with Gasteiger partial charge in [-0.2, -0.15) is 9.78 Å². The van der Waals surface area contributed by atoms with Crippen LogP contribution < -0.4 is 5.56 Å². The lowest BCUT2D eigenvalue weighted by Crippen LogP contribution is -2.24. The maximum absolute atomic E-state index is 11.6. The molecule has 2 aromatic rings. The van der Waals surface area contributed by atoms with Crippen LogP contribution in [0.3, 0.4) is 0 Å². The maximum atomic E-state index is 11.6. The number of hydrogen-bond acceptors (Lipinski definition) is 4. The molecule has 0 fully saturated rings. The summed E-state index contributed by atoms with van der Waals surface area (Å²) in [6.45, 7) is 0. The van der Waals surface area contributed by atoms with Crippen LogP contribution >= 0.6 is 0 Å². The van der Waals surface area contributed by atoms with Gasteiger partial charge in [0.15, 0.2) is 12.1 Å². The third-order valence-corrected chi connectivity index (χ3v) is 1.87. The summed E-state index contributed by atoms with van der Waals surface area (Å²) in [6.07, 6.45) is 3.44. The predicted molar refractivity (Wildman–Crippen MR) is 53.0 cm³/mol. The van der Waals surface area contributed by atoms with E-state index in [1.807, 2.05) is 0 Å². The molecule has 15 heavy (non-hydrogen) atoms. The summed E-state index contributed by atoms with van der Waals surface area (Å²) in [4.78, 5) is 26.1. The predicted octanol–water partition coefficient (Wildman–Crippen LogP) is 0.440. The lowest BCUT2D eigenvalue weighted by atomic mass is 10.3. The van der Waals surface area contributed by atoms with Crippen molar-refractivity contribution < 1.29 is 4.79 Å². The summed E-state index contributed by atoms with van der Waals surface area (Å²) in [5.41, 5.74) is -0.401. The van der Waals surface area contributed by atoms with E-state index in [0.717, 1.165) is 4.68 Å². The highest BCUT2D eigenvalue weighted by Gasteiger charge is 2.04. The van der Waals surface area contributed by atoms with Crippen LogP contribution in [0.5, 0.6) is 0 Å². The van der Waals surface area contributed by atoms with Crippen LogP contribution in [-0.4, -0.2) is 21.1 Å². The zero-order chi connectivity index (χ0) is 10.7. The molecule has 0 saturated carbocycles. The quantitative estimate of drug-likeness (QED) is 0.661. The summed E-state index contributed by atoms with van der Waals surface area (Å²) >= 11 is 0. The number of carbonyl (C=O) groups excluding carboxylic acids is 1. The molecule has 0 saturated heterocycles. The van der Waals surface area contributed by atoms with Crippen molar-refractivity contribution in [2.45, 2.75) is 0 Å². The van der Waals surface area contributed by atoms with E-state index in [9.17, 15) is 9.59 Å². The minimum absolute atomic E-state index is 0.0654. The van der Waals surface area contributed by atoms with Crippen molar-refractivity contribution >= 4 is 6.29 Å². The molecule has 0 atom stereocenters. The molecule has 0 amide bonds. The number of rotatable bonds is 2. The molecular weight excluding hydrogens is 194 g/mol. The maximum Gasteiger partial charge on any atom is 0.283 e. The Morgan fingerprint density at radius 1 is 1.20 bits per heavy atom. The van der Waals surface area contributed by atoms with Crippen LogP contribution in [0.25, 0.3) is 5.82 Å². The summed E-state index contributed by atoms with van der Waals surface area (Å²) in [6, 6.07) is 6.49. The fourth-order valence-corrected chi connectivity index (χ4v) is 1.16. The van der Waals surface area contributed by atoms with Crippen LogP contribution in [0.2, 0.25) is 0 Å². The largest absolute Gasteiger partial charge is 0.298 e. The van der Waals surface area contributed by atoms with Gasteiger partial charge in [-0.3, -0.25) is 9.59 Å². The molecule has 2 aromatic heterocycles. The lowest BCUT2D eigenvalue weighted by molar-refractivity contribution is 0.112. The van der Waals surface area contributed by atoms with Gasteiger partial charge in [0.2, 0.25) is 0 Å². The number of pyridine rings is 1. The fourth-order valence-electron chi connectivity index (χ4n) is 1.16. The van der Waals surface area contributed by atoms with Gasteiger partial charge in [0.1, 0.15) is 0 Å². The molecule has 0 aliphatic carbocycles. The molecule has 0 spiro atoms. The number of nitrogens with zero attached hydrogens (tertiary/aromatic N) is 3. The van der Waals surface area contributed by atoms with Gasteiger partial charge in [0.05, 0.1) is 5.56 Å². The molecule has 0 bridgehead atoms. The molecule has 74 valence electrons. The monoisotopic (exact) mass is 201 g/mol. The van der Waals surface area contributed by atoms with Gasteiger partial charge in [0.25, 0.3) is 5.56 Å². The van der Waals surface area contributed by atoms with Gasteiger partial charge in [-0.1, -0.05) is 6.07 Å². The Morgan fingerprint density at radius 2 is 2.07 bits per heavy atom. The highest BCUT2D eigenvalue weighted by Crippen LogP contribution is 1.96. The van der Waals surface area contributed by atoms with E-state index in [4.69, 9.17) is 0 Å². The first-order valence-electron chi connectivity index (χ1n) is 4.28. The third kappa shape index (κ3) is 1.67. The van der Waals surface area contributed by atoms with Crippen molar-refractivity contribution in [1.29, 1.82) is 0 Å².